The standard InChI is InChI=1S/C25H27F6N3O/c1-17-4-9-20(15-33-17)21(2,3)34-13-12-22(16-34,23(35,24(26,27)28)25(29,30)31)11-10-18-5-7-19(14-32)8-6-18/h4-9,15,35H,10-13,16H2,1-3H3. The number of alkyl halides is 6. The van der Waals surface area contributed by atoms with E-state index < -0.39 is 48.3 Å². The number of halogens is 6. The molecule has 0 aliphatic carbocycles. The molecule has 0 saturated carbocycles. The molecule has 2 heterocycles. The van der Waals surface area contributed by atoms with Crippen LogP contribution in [-0.4, -0.2) is 46.0 Å². The zero-order chi connectivity index (χ0) is 26.3. The van der Waals surface area contributed by atoms with Crippen molar-refractivity contribution < 1.29 is 31.4 Å². The Bertz CT molecular complexity index is 1060. The molecule has 0 amide bonds. The third-order valence-corrected chi connectivity index (χ3v) is 7.33. The number of nitrogens with zero attached hydrogens (tertiary/aromatic N) is 3. The average Bonchev–Trinajstić information content (AvgIpc) is 3.23. The van der Waals surface area contributed by atoms with E-state index in [1.54, 1.807) is 44.0 Å². The van der Waals surface area contributed by atoms with Gasteiger partial charge in [0.25, 0.3) is 5.60 Å². The first-order valence-corrected chi connectivity index (χ1v) is 11.1. The Morgan fingerprint density at radius 1 is 1.03 bits per heavy atom. The number of aromatic nitrogens is 1. The first-order chi connectivity index (χ1) is 16.1. The Balaban J connectivity index is 2.03. The summed E-state index contributed by atoms with van der Waals surface area (Å²) in [4.78, 5) is 5.77. The van der Waals surface area contributed by atoms with E-state index in [-0.39, 0.29) is 13.0 Å². The van der Waals surface area contributed by atoms with Gasteiger partial charge in [-0.1, -0.05) is 18.2 Å². The van der Waals surface area contributed by atoms with Gasteiger partial charge in [-0.2, -0.15) is 31.6 Å². The molecule has 190 valence electrons. The van der Waals surface area contributed by atoms with Crippen molar-refractivity contribution in [3.8, 4) is 6.07 Å². The second-order valence-corrected chi connectivity index (χ2v) is 9.71. The van der Waals surface area contributed by atoms with Gasteiger partial charge >= 0.3 is 12.4 Å². The van der Waals surface area contributed by atoms with Crippen molar-refractivity contribution in [3.05, 3.63) is 65.0 Å². The van der Waals surface area contributed by atoms with Crippen LogP contribution in [-0.2, 0) is 12.0 Å². The molecule has 2 aromatic rings. The van der Waals surface area contributed by atoms with E-state index in [1.807, 2.05) is 6.07 Å². The molecule has 35 heavy (non-hydrogen) atoms. The van der Waals surface area contributed by atoms with Gasteiger partial charge < -0.3 is 5.11 Å². The third-order valence-electron chi connectivity index (χ3n) is 7.33. The molecule has 0 spiro atoms. The molecule has 1 aliphatic heterocycles. The summed E-state index contributed by atoms with van der Waals surface area (Å²) in [6.45, 7) is 4.53. The average molecular weight is 499 g/mol. The van der Waals surface area contributed by atoms with Crippen molar-refractivity contribution >= 4 is 0 Å². The van der Waals surface area contributed by atoms with Gasteiger partial charge in [-0.25, -0.2) is 0 Å². The van der Waals surface area contributed by atoms with Gasteiger partial charge in [0.05, 0.1) is 11.6 Å². The van der Waals surface area contributed by atoms with E-state index in [0.717, 1.165) is 5.69 Å². The molecule has 1 aliphatic rings. The van der Waals surface area contributed by atoms with E-state index >= 15 is 0 Å². The fourth-order valence-corrected chi connectivity index (χ4v) is 4.93. The molecule has 1 aromatic carbocycles. The quantitative estimate of drug-likeness (QED) is 0.520. The summed E-state index contributed by atoms with van der Waals surface area (Å²) >= 11 is 0. The number of likely N-dealkylation sites (tertiary alicyclic amines) is 1. The van der Waals surface area contributed by atoms with Crippen LogP contribution < -0.4 is 0 Å². The Labute approximate surface area is 200 Å². The highest BCUT2D eigenvalue weighted by molar-refractivity contribution is 5.32. The summed E-state index contributed by atoms with van der Waals surface area (Å²) < 4.78 is 84.5. The smallest absolute Gasteiger partial charge is 0.373 e. The van der Waals surface area contributed by atoms with E-state index in [9.17, 15) is 31.4 Å². The zero-order valence-electron chi connectivity index (χ0n) is 19.6. The van der Waals surface area contributed by atoms with Crippen molar-refractivity contribution in [2.24, 2.45) is 5.41 Å². The van der Waals surface area contributed by atoms with Gasteiger partial charge in [0, 0.05) is 29.4 Å². The van der Waals surface area contributed by atoms with E-state index in [0.29, 0.717) is 16.7 Å². The predicted octanol–water partition coefficient (Wildman–Crippen LogP) is 5.68. The second kappa shape index (κ2) is 9.10. The van der Waals surface area contributed by atoms with Crippen molar-refractivity contribution in [3.63, 3.8) is 0 Å². The molecular formula is C25H27F6N3O. The minimum absolute atomic E-state index is 0.0667. The summed E-state index contributed by atoms with van der Waals surface area (Å²) in [7, 11) is 0. The number of aryl methyl sites for hydroxylation is 2. The van der Waals surface area contributed by atoms with E-state index in [4.69, 9.17) is 5.26 Å². The maximum absolute atomic E-state index is 14.1. The number of hydrogen-bond acceptors (Lipinski definition) is 4. The number of nitriles is 1. The highest BCUT2D eigenvalue weighted by Crippen LogP contribution is 2.59. The van der Waals surface area contributed by atoms with Crippen LogP contribution in [0, 0.1) is 23.7 Å². The maximum Gasteiger partial charge on any atom is 0.426 e. The van der Waals surface area contributed by atoms with Crippen LogP contribution in [0.2, 0.25) is 0 Å². The van der Waals surface area contributed by atoms with Crippen molar-refractivity contribution in [1.29, 1.82) is 5.26 Å². The molecular weight excluding hydrogens is 472 g/mol. The van der Waals surface area contributed by atoms with Crippen molar-refractivity contribution in [1.82, 2.24) is 9.88 Å². The lowest BCUT2D eigenvalue weighted by Gasteiger charge is -2.47. The first-order valence-electron chi connectivity index (χ1n) is 11.1. The largest absolute Gasteiger partial charge is 0.426 e. The molecule has 1 N–H and O–H groups in total. The SMILES string of the molecule is Cc1ccc(C(C)(C)N2CCC(CCc3ccc(C#N)cc3)(C(O)(C(F)(F)F)C(F)(F)F)C2)cn1. The summed E-state index contributed by atoms with van der Waals surface area (Å²) in [6, 6.07) is 11.3. The Morgan fingerprint density at radius 2 is 1.63 bits per heavy atom. The Hall–Kier alpha value is -2.64. The molecule has 1 atom stereocenters. The summed E-state index contributed by atoms with van der Waals surface area (Å²) in [5, 5.41) is 19.5. The monoisotopic (exact) mass is 499 g/mol. The topological polar surface area (TPSA) is 60.2 Å². The molecule has 10 heteroatoms. The van der Waals surface area contributed by atoms with Crippen LogP contribution in [0.15, 0.2) is 42.6 Å². The fourth-order valence-electron chi connectivity index (χ4n) is 4.93. The first kappa shape index (κ1) is 27.0. The van der Waals surface area contributed by atoms with Gasteiger partial charge in [0.2, 0.25) is 0 Å². The van der Waals surface area contributed by atoms with Crippen LogP contribution in [0.4, 0.5) is 26.3 Å². The van der Waals surface area contributed by atoms with Gasteiger partial charge in [-0.05, 0) is 75.9 Å². The van der Waals surface area contributed by atoms with E-state index in [2.05, 4.69) is 4.98 Å². The van der Waals surface area contributed by atoms with Crippen molar-refractivity contribution in [2.75, 3.05) is 13.1 Å². The van der Waals surface area contributed by atoms with Gasteiger partial charge in [-0.15, -0.1) is 0 Å². The summed E-state index contributed by atoms with van der Waals surface area (Å²) in [5.74, 6) is 0. The fraction of sp³-hybridized carbons (Fsp3) is 0.520. The number of rotatable bonds is 6. The number of aliphatic hydroxyl groups is 1. The maximum atomic E-state index is 14.1. The van der Waals surface area contributed by atoms with E-state index in [1.165, 1.54) is 24.3 Å². The molecule has 4 nitrogen and oxygen atoms in total. The molecule has 3 rings (SSSR count). The second-order valence-electron chi connectivity index (χ2n) is 9.71. The molecule has 1 fully saturated rings. The summed E-state index contributed by atoms with van der Waals surface area (Å²) in [5.41, 5.74) is -6.17. The molecule has 0 radical (unpaired) electrons. The number of hydrogen-bond donors (Lipinski definition) is 1. The molecule has 0 bridgehead atoms. The van der Waals surface area contributed by atoms with Gasteiger partial charge in [0.15, 0.2) is 0 Å². The van der Waals surface area contributed by atoms with Gasteiger partial charge in [-0.3, -0.25) is 9.88 Å². The highest BCUT2D eigenvalue weighted by Gasteiger charge is 2.79. The summed E-state index contributed by atoms with van der Waals surface area (Å²) in [6.07, 6.45) is -11.5. The van der Waals surface area contributed by atoms with Crippen LogP contribution in [0.5, 0.6) is 0 Å². The Morgan fingerprint density at radius 3 is 2.11 bits per heavy atom. The lowest BCUT2D eigenvalue weighted by atomic mass is 9.66. The highest BCUT2D eigenvalue weighted by atomic mass is 19.4. The van der Waals surface area contributed by atoms with Crippen LogP contribution >= 0.6 is 0 Å². The Kier molecular flexibility index (Phi) is 7.01. The number of pyridine rings is 1. The van der Waals surface area contributed by atoms with Crippen LogP contribution in [0.1, 0.15) is 49.1 Å². The van der Waals surface area contributed by atoms with Crippen molar-refractivity contribution in [2.45, 2.75) is 63.5 Å². The number of benzene rings is 1. The molecule has 1 saturated heterocycles. The van der Waals surface area contributed by atoms with Crippen LogP contribution in [0.25, 0.3) is 0 Å². The lowest BCUT2D eigenvalue weighted by molar-refractivity contribution is -0.403. The normalized spacial score (nSPS) is 20.1. The lowest BCUT2D eigenvalue weighted by Crippen LogP contribution is -2.68. The minimum atomic E-state index is -5.93. The predicted molar refractivity (Wildman–Crippen MR) is 117 cm³/mol. The zero-order valence-corrected chi connectivity index (χ0v) is 19.6. The van der Waals surface area contributed by atoms with Gasteiger partial charge in [0.1, 0.15) is 0 Å². The van der Waals surface area contributed by atoms with Crippen LogP contribution in [0.3, 0.4) is 0 Å². The third kappa shape index (κ3) is 4.76. The molecule has 1 aromatic heterocycles. The molecule has 1 unspecified atom stereocenters. The minimum Gasteiger partial charge on any atom is -0.373 e.